The van der Waals surface area contributed by atoms with Crippen LogP contribution in [0.2, 0.25) is 0 Å². The number of rotatable bonds is 7. The van der Waals surface area contributed by atoms with Crippen LogP contribution >= 0.6 is 0 Å². The first kappa shape index (κ1) is 12.1. The van der Waals surface area contributed by atoms with Gasteiger partial charge >= 0.3 is 0 Å². The molecule has 1 aromatic heterocycles. The minimum atomic E-state index is -0.467. The Morgan fingerprint density at radius 2 is 1.93 bits per heavy atom. The SMILES string of the molecule is CC(C)COCC(O)CNn1cccc1. The molecule has 0 radical (unpaired) electrons. The number of nitrogens with zero attached hydrogens (tertiary/aromatic N) is 1. The van der Waals surface area contributed by atoms with Gasteiger partial charge in [0.15, 0.2) is 0 Å². The van der Waals surface area contributed by atoms with Crippen LogP contribution in [0.15, 0.2) is 24.5 Å². The van der Waals surface area contributed by atoms with Crippen LogP contribution in [-0.2, 0) is 4.74 Å². The number of hydrogen-bond acceptors (Lipinski definition) is 3. The molecule has 2 N–H and O–H groups in total. The average Bonchev–Trinajstić information content (AvgIpc) is 2.66. The second-order valence-electron chi connectivity index (χ2n) is 4.04. The van der Waals surface area contributed by atoms with Crippen molar-refractivity contribution < 1.29 is 9.84 Å². The van der Waals surface area contributed by atoms with Crippen molar-refractivity contribution in [1.82, 2.24) is 4.68 Å². The molecule has 0 aliphatic carbocycles. The van der Waals surface area contributed by atoms with E-state index in [4.69, 9.17) is 4.74 Å². The van der Waals surface area contributed by atoms with Crippen molar-refractivity contribution in [2.75, 3.05) is 25.2 Å². The van der Waals surface area contributed by atoms with Crippen LogP contribution < -0.4 is 5.43 Å². The largest absolute Gasteiger partial charge is 0.389 e. The minimum Gasteiger partial charge on any atom is -0.389 e. The molecular formula is C11H20N2O2. The molecule has 1 rings (SSSR count). The predicted molar refractivity (Wildman–Crippen MR) is 60.3 cm³/mol. The van der Waals surface area contributed by atoms with Crippen LogP contribution in [0.1, 0.15) is 13.8 Å². The highest BCUT2D eigenvalue weighted by Crippen LogP contribution is 1.94. The van der Waals surface area contributed by atoms with E-state index < -0.39 is 6.10 Å². The molecule has 15 heavy (non-hydrogen) atoms. The third kappa shape index (κ3) is 5.44. The Balaban J connectivity index is 2.06. The Bertz CT molecular complexity index is 247. The Morgan fingerprint density at radius 1 is 1.27 bits per heavy atom. The Morgan fingerprint density at radius 3 is 2.53 bits per heavy atom. The van der Waals surface area contributed by atoms with Gasteiger partial charge in [0.05, 0.1) is 19.3 Å². The van der Waals surface area contributed by atoms with Gasteiger partial charge in [-0.05, 0) is 18.1 Å². The second-order valence-corrected chi connectivity index (χ2v) is 4.04. The van der Waals surface area contributed by atoms with Gasteiger partial charge in [-0.3, -0.25) is 4.68 Å². The summed E-state index contributed by atoms with van der Waals surface area (Å²) >= 11 is 0. The number of nitrogens with one attached hydrogen (secondary N) is 1. The van der Waals surface area contributed by atoms with E-state index in [2.05, 4.69) is 19.3 Å². The van der Waals surface area contributed by atoms with E-state index in [0.29, 0.717) is 25.7 Å². The highest BCUT2D eigenvalue weighted by molar-refractivity contribution is 4.93. The van der Waals surface area contributed by atoms with Crippen molar-refractivity contribution in [2.45, 2.75) is 20.0 Å². The molecule has 4 heteroatoms. The Hall–Kier alpha value is -1.00. The van der Waals surface area contributed by atoms with Crippen LogP contribution in [0.25, 0.3) is 0 Å². The molecule has 0 aliphatic heterocycles. The maximum Gasteiger partial charge on any atom is 0.0961 e. The summed E-state index contributed by atoms with van der Waals surface area (Å²) in [6.07, 6.45) is 3.31. The first-order chi connectivity index (χ1) is 7.18. The zero-order chi connectivity index (χ0) is 11.1. The van der Waals surface area contributed by atoms with Gasteiger partial charge in [0.2, 0.25) is 0 Å². The summed E-state index contributed by atoms with van der Waals surface area (Å²) < 4.78 is 7.14. The smallest absolute Gasteiger partial charge is 0.0961 e. The third-order valence-corrected chi connectivity index (χ3v) is 1.88. The lowest BCUT2D eigenvalue weighted by Crippen LogP contribution is -2.29. The summed E-state index contributed by atoms with van der Waals surface area (Å²) in [5, 5.41) is 9.56. The van der Waals surface area contributed by atoms with E-state index in [1.807, 2.05) is 29.2 Å². The van der Waals surface area contributed by atoms with Crippen LogP contribution in [-0.4, -0.2) is 35.6 Å². The van der Waals surface area contributed by atoms with Gasteiger partial charge in [-0.15, -0.1) is 0 Å². The molecule has 0 aliphatic rings. The molecule has 86 valence electrons. The van der Waals surface area contributed by atoms with Crippen molar-refractivity contribution >= 4 is 0 Å². The lowest BCUT2D eigenvalue weighted by molar-refractivity contribution is 0.0307. The Labute approximate surface area is 90.8 Å². The summed E-state index contributed by atoms with van der Waals surface area (Å²) in [6.45, 7) is 5.74. The van der Waals surface area contributed by atoms with Gasteiger partial charge in [0, 0.05) is 19.0 Å². The number of hydrogen-bond donors (Lipinski definition) is 2. The van der Waals surface area contributed by atoms with Crippen LogP contribution in [0.5, 0.6) is 0 Å². The number of ether oxygens (including phenoxy) is 1. The fourth-order valence-corrected chi connectivity index (χ4v) is 1.15. The summed E-state index contributed by atoms with van der Waals surface area (Å²) in [5.74, 6) is 0.509. The quantitative estimate of drug-likeness (QED) is 0.710. The standard InChI is InChI=1S/C11H20N2O2/c1-10(2)8-15-9-11(14)7-12-13-5-3-4-6-13/h3-6,10-12,14H,7-9H2,1-2H3. The predicted octanol–water partition coefficient (Wildman–Crippen LogP) is 1.07. The molecule has 0 saturated carbocycles. The van der Waals surface area contributed by atoms with Gasteiger partial charge in [-0.1, -0.05) is 13.8 Å². The molecular weight excluding hydrogens is 192 g/mol. The molecule has 0 spiro atoms. The fourth-order valence-electron chi connectivity index (χ4n) is 1.15. The summed E-state index contributed by atoms with van der Waals surface area (Å²) in [7, 11) is 0. The van der Waals surface area contributed by atoms with Crippen molar-refractivity contribution in [3.8, 4) is 0 Å². The van der Waals surface area contributed by atoms with Gasteiger partial charge in [0.1, 0.15) is 0 Å². The molecule has 1 heterocycles. The van der Waals surface area contributed by atoms with Crippen LogP contribution in [0, 0.1) is 5.92 Å². The van der Waals surface area contributed by atoms with Crippen molar-refractivity contribution in [3.63, 3.8) is 0 Å². The highest BCUT2D eigenvalue weighted by Gasteiger charge is 2.04. The lowest BCUT2D eigenvalue weighted by Gasteiger charge is -2.14. The summed E-state index contributed by atoms with van der Waals surface area (Å²) in [6, 6.07) is 3.85. The molecule has 1 unspecified atom stereocenters. The van der Waals surface area contributed by atoms with Gasteiger partial charge in [0.25, 0.3) is 0 Å². The summed E-state index contributed by atoms with van der Waals surface area (Å²) in [5.41, 5.74) is 3.05. The van der Waals surface area contributed by atoms with Gasteiger partial charge in [-0.25, -0.2) is 0 Å². The first-order valence-electron chi connectivity index (χ1n) is 5.31. The molecule has 0 saturated heterocycles. The van der Waals surface area contributed by atoms with Crippen LogP contribution in [0.3, 0.4) is 0 Å². The number of aliphatic hydroxyl groups excluding tert-OH is 1. The monoisotopic (exact) mass is 212 g/mol. The first-order valence-corrected chi connectivity index (χ1v) is 5.31. The molecule has 0 aromatic carbocycles. The maximum absolute atomic E-state index is 9.56. The Kier molecular flexibility index (Phi) is 5.21. The van der Waals surface area contributed by atoms with Crippen molar-refractivity contribution in [1.29, 1.82) is 0 Å². The van der Waals surface area contributed by atoms with E-state index >= 15 is 0 Å². The molecule has 1 atom stereocenters. The van der Waals surface area contributed by atoms with Gasteiger partial charge < -0.3 is 15.3 Å². The zero-order valence-electron chi connectivity index (χ0n) is 9.39. The van der Waals surface area contributed by atoms with E-state index in [1.54, 1.807) is 0 Å². The third-order valence-electron chi connectivity index (χ3n) is 1.88. The second kappa shape index (κ2) is 6.48. The fraction of sp³-hybridized carbons (Fsp3) is 0.636. The topological polar surface area (TPSA) is 46.4 Å². The number of aromatic nitrogens is 1. The minimum absolute atomic E-state index is 0.381. The normalized spacial score (nSPS) is 13.1. The highest BCUT2D eigenvalue weighted by atomic mass is 16.5. The zero-order valence-corrected chi connectivity index (χ0v) is 9.39. The molecule has 0 bridgehead atoms. The maximum atomic E-state index is 9.56. The van der Waals surface area contributed by atoms with Crippen molar-refractivity contribution in [3.05, 3.63) is 24.5 Å². The van der Waals surface area contributed by atoms with Crippen molar-refractivity contribution in [2.24, 2.45) is 5.92 Å². The molecule has 1 aromatic rings. The van der Waals surface area contributed by atoms with Crippen LogP contribution in [0.4, 0.5) is 0 Å². The lowest BCUT2D eigenvalue weighted by atomic mass is 10.2. The molecule has 0 fully saturated rings. The van der Waals surface area contributed by atoms with E-state index in [-0.39, 0.29) is 0 Å². The average molecular weight is 212 g/mol. The van der Waals surface area contributed by atoms with E-state index in [0.717, 1.165) is 0 Å². The number of aliphatic hydroxyl groups is 1. The molecule has 0 amide bonds. The van der Waals surface area contributed by atoms with Gasteiger partial charge in [-0.2, -0.15) is 0 Å². The summed E-state index contributed by atoms with van der Waals surface area (Å²) in [4.78, 5) is 0. The molecule has 4 nitrogen and oxygen atoms in total. The van der Waals surface area contributed by atoms with E-state index in [1.165, 1.54) is 0 Å². The van der Waals surface area contributed by atoms with E-state index in [9.17, 15) is 5.11 Å².